The first kappa shape index (κ1) is 15.5. The highest BCUT2D eigenvalue weighted by Crippen LogP contribution is 2.24. The van der Waals surface area contributed by atoms with Gasteiger partial charge in [0.1, 0.15) is 0 Å². The van der Waals surface area contributed by atoms with Gasteiger partial charge >= 0.3 is 5.97 Å². The Hall–Kier alpha value is -1.88. The van der Waals surface area contributed by atoms with E-state index in [0.29, 0.717) is 13.0 Å². The predicted molar refractivity (Wildman–Crippen MR) is 81.3 cm³/mol. The van der Waals surface area contributed by atoms with Gasteiger partial charge in [-0.3, -0.25) is 14.5 Å². The SMILES string of the molecule is Cc1cccc(C)c1NC(=O)CN1CCC(C(=O)O)C1C. The molecule has 0 radical (unpaired) electrons. The molecule has 0 aromatic heterocycles. The normalized spacial score (nSPS) is 22.2. The monoisotopic (exact) mass is 290 g/mol. The Bertz CT molecular complexity index is 536. The summed E-state index contributed by atoms with van der Waals surface area (Å²) in [6, 6.07) is 5.77. The van der Waals surface area contributed by atoms with E-state index in [1.165, 1.54) is 0 Å². The summed E-state index contributed by atoms with van der Waals surface area (Å²) in [7, 11) is 0. The Morgan fingerprint density at radius 1 is 1.33 bits per heavy atom. The number of hydrogen-bond donors (Lipinski definition) is 2. The van der Waals surface area contributed by atoms with Crippen molar-refractivity contribution >= 4 is 17.6 Å². The number of hydrogen-bond acceptors (Lipinski definition) is 3. The van der Waals surface area contributed by atoms with Crippen molar-refractivity contribution in [2.75, 3.05) is 18.4 Å². The van der Waals surface area contributed by atoms with Crippen molar-refractivity contribution < 1.29 is 14.7 Å². The Balaban J connectivity index is 1.98. The maximum Gasteiger partial charge on any atom is 0.308 e. The van der Waals surface area contributed by atoms with E-state index < -0.39 is 5.97 Å². The number of carbonyl (C=O) groups is 2. The van der Waals surface area contributed by atoms with Crippen LogP contribution >= 0.6 is 0 Å². The number of para-hydroxylation sites is 1. The quantitative estimate of drug-likeness (QED) is 0.890. The van der Waals surface area contributed by atoms with E-state index in [2.05, 4.69) is 5.32 Å². The fourth-order valence-electron chi connectivity index (χ4n) is 2.93. The van der Waals surface area contributed by atoms with Gasteiger partial charge in [-0.05, 0) is 44.9 Å². The second-order valence-corrected chi connectivity index (χ2v) is 5.76. The molecule has 2 rings (SSSR count). The highest BCUT2D eigenvalue weighted by atomic mass is 16.4. The molecule has 1 saturated heterocycles. The first-order valence-corrected chi connectivity index (χ1v) is 7.23. The largest absolute Gasteiger partial charge is 0.481 e. The van der Waals surface area contributed by atoms with Crippen molar-refractivity contribution in [1.82, 2.24) is 4.90 Å². The van der Waals surface area contributed by atoms with Crippen LogP contribution < -0.4 is 5.32 Å². The average molecular weight is 290 g/mol. The maximum atomic E-state index is 12.2. The van der Waals surface area contributed by atoms with Gasteiger partial charge in [0, 0.05) is 11.7 Å². The Kier molecular flexibility index (Phi) is 4.63. The molecule has 21 heavy (non-hydrogen) atoms. The van der Waals surface area contributed by atoms with Gasteiger partial charge in [0.05, 0.1) is 12.5 Å². The van der Waals surface area contributed by atoms with Crippen LogP contribution in [-0.4, -0.2) is 41.0 Å². The van der Waals surface area contributed by atoms with Crippen molar-refractivity contribution in [3.63, 3.8) is 0 Å². The van der Waals surface area contributed by atoms with Gasteiger partial charge < -0.3 is 10.4 Å². The second-order valence-electron chi connectivity index (χ2n) is 5.76. The van der Waals surface area contributed by atoms with Gasteiger partial charge in [-0.25, -0.2) is 0 Å². The number of carboxylic acids is 1. The van der Waals surface area contributed by atoms with Gasteiger partial charge in [0.2, 0.25) is 5.91 Å². The molecular formula is C16H22N2O3. The van der Waals surface area contributed by atoms with Crippen molar-refractivity contribution in [2.45, 2.75) is 33.2 Å². The van der Waals surface area contributed by atoms with E-state index in [4.69, 9.17) is 5.11 Å². The third-order valence-electron chi connectivity index (χ3n) is 4.30. The molecule has 5 nitrogen and oxygen atoms in total. The molecule has 2 atom stereocenters. The van der Waals surface area contributed by atoms with Crippen LogP contribution in [0.5, 0.6) is 0 Å². The Morgan fingerprint density at radius 2 is 1.95 bits per heavy atom. The van der Waals surface area contributed by atoms with Gasteiger partial charge in [-0.1, -0.05) is 18.2 Å². The number of rotatable bonds is 4. The molecule has 2 N–H and O–H groups in total. The number of likely N-dealkylation sites (tertiary alicyclic amines) is 1. The molecule has 1 aliphatic rings. The predicted octanol–water partition coefficient (Wildman–Crippen LogP) is 2.04. The summed E-state index contributed by atoms with van der Waals surface area (Å²) >= 11 is 0. The minimum atomic E-state index is -0.778. The van der Waals surface area contributed by atoms with Crippen LogP contribution in [0.4, 0.5) is 5.69 Å². The van der Waals surface area contributed by atoms with Crippen molar-refractivity contribution in [3.05, 3.63) is 29.3 Å². The summed E-state index contributed by atoms with van der Waals surface area (Å²) in [4.78, 5) is 25.2. The fourth-order valence-corrected chi connectivity index (χ4v) is 2.93. The van der Waals surface area contributed by atoms with Crippen molar-refractivity contribution in [1.29, 1.82) is 0 Å². The fraction of sp³-hybridized carbons (Fsp3) is 0.500. The van der Waals surface area contributed by atoms with Crippen LogP contribution in [0.25, 0.3) is 0 Å². The van der Waals surface area contributed by atoms with E-state index in [0.717, 1.165) is 16.8 Å². The second kappa shape index (κ2) is 6.26. The molecule has 5 heteroatoms. The first-order chi connectivity index (χ1) is 9.90. The number of carboxylic acid groups (broad SMARTS) is 1. The molecule has 1 aromatic carbocycles. The Morgan fingerprint density at radius 3 is 2.48 bits per heavy atom. The van der Waals surface area contributed by atoms with E-state index in [1.807, 2.05) is 43.9 Å². The van der Waals surface area contributed by atoms with Gasteiger partial charge in [0.15, 0.2) is 0 Å². The summed E-state index contributed by atoms with van der Waals surface area (Å²) in [5.41, 5.74) is 2.91. The highest BCUT2D eigenvalue weighted by molar-refractivity contribution is 5.93. The first-order valence-electron chi connectivity index (χ1n) is 7.23. The van der Waals surface area contributed by atoms with Crippen LogP contribution in [0.1, 0.15) is 24.5 Å². The lowest BCUT2D eigenvalue weighted by Crippen LogP contribution is -2.38. The zero-order valence-corrected chi connectivity index (χ0v) is 12.7. The van der Waals surface area contributed by atoms with Gasteiger partial charge in [-0.15, -0.1) is 0 Å². The molecule has 2 unspecified atom stereocenters. The summed E-state index contributed by atoms with van der Waals surface area (Å²) in [6.07, 6.45) is 0.604. The van der Waals surface area contributed by atoms with E-state index in [9.17, 15) is 9.59 Å². The lowest BCUT2D eigenvalue weighted by atomic mass is 10.0. The molecule has 0 bridgehead atoms. The summed E-state index contributed by atoms with van der Waals surface area (Å²) < 4.78 is 0. The molecule has 1 fully saturated rings. The average Bonchev–Trinajstić information content (AvgIpc) is 2.76. The van der Waals surface area contributed by atoms with Crippen LogP contribution in [0, 0.1) is 19.8 Å². The molecule has 0 saturated carbocycles. The van der Waals surface area contributed by atoms with Crippen LogP contribution in [0.2, 0.25) is 0 Å². The zero-order chi connectivity index (χ0) is 15.6. The number of aliphatic carboxylic acids is 1. The number of anilines is 1. The number of carbonyl (C=O) groups excluding carboxylic acids is 1. The van der Waals surface area contributed by atoms with E-state index >= 15 is 0 Å². The summed E-state index contributed by atoms with van der Waals surface area (Å²) in [6.45, 7) is 6.68. The zero-order valence-electron chi connectivity index (χ0n) is 12.7. The minimum Gasteiger partial charge on any atom is -0.481 e. The smallest absolute Gasteiger partial charge is 0.308 e. The van der Waals surface area contributed by atoms with Crippen LogP contribution in [0.3, 0.4) is 0 Å². The molecule has 0 spiro atoms. The van der Waals surface area contributed by atoms with Crippen molar-refractivity contribution in [2.24, 2.45) is 5.92 Å². The molecular weight excluding hydrogens is 268 g/mol. The van der Waals surface area contributed by atoms with Crippen molar-refractivity contribution in [3.8, 4) is 0 Å². The Labute approximate surface area is 125 Å². The summed E-state index contributed by atoms with van der Waals surface area (Å²) in [5, 5.41) is 12.1. The summed E-state index contributed by atoms with van der Waals surface area (Å²) in [5.74, 6) is -1.25. The maximum absolute atomic E-state index is 12.2. The third kappa shape index (κ3) is 3.42. The molecule has 1 aliphatic heterocycles. The molecule has 114 valence electrons. The topological polar surface area (TPSA) is 69.6 Å². The molecule has 1 aromatic rings. The number of nitrogens with one attached hydrogen (secondary N) is 1. The molecule has 0 aliphatic carbocycles. The third-order valence-corrected chi connectivity index (χ3v) is 4.30. The lowest BCUT2D eigenvalue weighted by Gasteiger charge is -2.22. The van der Waals surface area contributed by atoms with Gasteiger partial charge in [0.25, 0.3) is 0 Å². The van der Waals surface area contributed by atoms with E-state index in [-0.39, 0.29) is 24.4 Å². The molecule has 1 heterocycles. The number of aryl methyl sites for hydroxylation is 2. The van der Waals surface area contributed by atoms with Crippen LogP contribution in [0.15, 0.2) is 18.2 Å². The van der Waals surface area contributed by atoms with Gasteiger partial charge in [-0.2, -0.15) is 0 Å². The minimum absolute atomic E-state index is 0.0923. The highest BCUT2D eigenvalue weighted by Gasteiger charge is 2.36. The number of benzene rings is 1. The van der Waals surface area contributed by atoms with Crippen LogP contribution in [-0.2, 0) is 9.59 Å². The standard InChI is InChI=1S/C16H22N2O3/c1-10-5-4-6-11(2)15(10)17-14(19)9-18-8-7-13(12(18)3)16(20)21/h4-6,12-13H,7-9H2,1-3H3,(H,17,19)(H,20,21). The number of nitrogens with zero attached hydrogens (tertiary/aromatic N) is 1. The molecule has 1 amide bonds. The number of amides is 1. The van der Waals surface area contributed by atoms with E-state index in [1.54, 1.807) is 0 Å². The lowest BCUT2D eigenvalue weighted by molar-refractivity contribution is -0.142.